The van der Waals surface area contributed by atoms with E-state index in [4.69, 9.17) is 9.73 Å². The molecule has 0 saturated heterocycles. The summed E-state index contributed by atoms with van der Waals surface area (Å²) in [6.07, 6.45) is 10.6. The summed E-state index contributed by atoms with van der Waals surface area (Å²) in [5.74, 6) is 1.86. The molecular formula is C36H74N4O4S. The molecule has 45 heavy (non-hydrogen) atoms. The van der Waals surface area contributed by atoms with Crippen molar-refractivity contribution in [3.8, 4) is 0 Å². The van der Waals surface area contributed by atoms with Gasteiger partial charge in [-0.05, 0) is 77.7 Å². The van der Waals surface area contributed by atoms with Gasteiger partial charge in [0.05, 0.1) is 13.0 Å². The normalized spacial score (nSPS) is 11.2. The lowest BCUT2D eigenvalue weighted by Gasteiger charge is -2.19. The Morgan fingerprint density at radius 2 is 1.58 bits per heavy atom. The predicted octanol–water partition coefficient (Wildman–Crippen LogP) is 10.1. The monoisotopic (exact) mass is 659 g/mol. The van der Waals surface area contributed by atoms with Gasteiger partial charge in [0.1, 0.15) is 11.3 Å². The third kappa shape index (κ3) is 38.1. The number of thiol groups is 1. The Kier molecular flexibility index (Phi) is 36.9. The standard InChI is InChI=1S/C21H38N4O2.C5H10O2S.C5H12.C3H8.C2H6/c1-8-18(11-9-10-12-22-20(26)27-21(5,6)7)23-13-19-17(4)15-25(24-19)14-16(2)3;1-2-7-5(6)3-4-8;1-4-5(2)3;1-3-2;1-2/h13,15-16,18H,8-12,14H2,1-7H3,(H,22,26);8H,2-4H2,1H3;5H,4H2,1-3H3;3H2,1-2H3;1-2H3/t18-;;;;/m1..../s1. The Bertz CT molecular complexity index is 826. The number of aliphatic imine (C=N–C) groups is 1. The van der Waals surface area contributed by atoms with E-state index < -0.39 is 5.60 Å². The lowest BCUT2D eigenvalue weighted by atomic mass is 10.1. The van der Waals surface area contributed by atoms with Gasteiger partial charge < -0.3 is 14.8 Å². The fraction of sp³-hybridized carbons (Fsp3) is 0.833. The van der Waals surface area contributed by atoms with Crippen molar-refractivity contribution in [1.82, 2.24) is 15.1 Å². The first-order chi connectivity index (χ1) is 21.1. The smallest absolute Gasteiger partial charge is 0.407 e. The van der Waals surface area contributed by atoms with E-state index in [0.717, 1.165) is 49.4 Å². The molecule has 0 spiro atoms. The second-order valence-electron chi connectivity index (χ2n) is 12.4. The zero-order valence-corrected chi connectivity index (χ0v) is 33.0. The van der Waals surface area contributed by atoms with Crippen molar-refractivity contribution >= 4 is 30.9 Å². The molecule has 1 rings (SSSR count). The van der Waals surface area contributed by atoms with Crippen molar-refractivity contribution in [2.45, 2.75) is 167 Å². The molecule has 0 aliphatic rings. The Balaban J connectivity index is -0.000000381. The molecule has 1 aromatic rings. The lowest BCUT2D eigenvalue weighted by molar-refractivity contribution is -0.142. The summed E-state index contributed by atoms with van der Waals surface area (Å²) >= 11 is 3.85. The van der Waals surface area contributed by atoms with Crippen LogP contribution in [0.5, 0.6) is 0 Å². The molecule has 0 fully saturated rings. The van der Waals surface area contributed by atoms with E-state index in [1.165, 1.54) is 12.8 Å². The first-order valence-corrected chi connectivity index (χ1v) is 18.0. The summed E-state index contributed by atoms with van der Waals surface area (Å²) < 4.78 is 11.8. The van der Waals surface area contributed by atoms with Gasteiger partial charge in [0.15, 0.2) is 0 Å². The highest BCUT2D eigenvalue weighted by atomic mass is 32.1. The fourth-order valence-corrected chi connectivity index (χ4v) is 3.21. The molecule has 268 valence electrons. The maximum absolute atomic E-state index is 11.6. The highest BCUT2D eigenvalue weighted by Gasteiger charge is 2.15. The minimum Gasteiger partial charge on any atom is -0.466 e. The minimum absolute atomic E-state index is 0.164. The van der Waals surface area contributed by atoms with Gasteiger partial charge in [-0.1, -0.05) is 82.1 Å². The Morgan fingerprint density at radius 1 is 1.02 bits per heavy atom. The first-order valence-electron chi connectivity index (χ1n) is 17.4. The molecular weight excluding hydrogens is 584 g/mol. The number of aromatic nitrogens is 2. The number of hydrogen-bond acceptors (Lipinski definition) is 7. The number of nitrogens with one attached hydrogen (secondary N) is 1. The summed E-state index contributed by atoms with van der Waals surface area (Å²) in [6.45, 7) is 32.9. The first kappa shape index (κ1) is 49.8. The highest BCUT2D eigenvalue weighted by molar-refractivity contribution is 7.80. The van der Waals surface area contributed by atoms with Crippen molar-refractivity contribution in [1.29, 1.82) is 0 Å². The number of esters is 1. The molecule has 0 radical (unpaired) electrons. The number of unbranched alkanes of at least 4 members (excludes halogenated alkanes) is 1. The molecule has 1 heterocycles. The van der Waals surface area contributed by atoms with Crippen LogP contribution < -0.4 is 5.32 Å². The van der Waals surface area contributed by atoms with Gasteiger partial charge in [-0.3, -0.25) is 14.5 Å². The van der Waals surface area contributed by atoms with Gasteiger partial charge in [-0.15, -0.1) is 0 Å². The highest BCUT2D eigenvalue weighted by Crippen LogP contribution is 2.11. The van der Waals surface area contributed by atoms with Gasteiger partial charge in [0.25, 0.3) is 0 Å². The third-order valence-electron chi connectivity index (χ3n) is 5.48. The van der Waals surface area contributed by atoms with Crippen LogP contribution in [0.1, 0.15) is 153 Å². The van der Waals surface area contributed by atoms with Crippen LogP contribution in [0.2, 0.25) is 0 Å². The Hall–Kier alpha value is -2.03. The molecule has 1 atom stereocenters. The van der Waals surface area contributed by atoms with Crippen LogP contribution in [0.15, 0.2) is 11.2 Å². The van der Waals surface area contributed by atoms with Crippen LogP contribution in [-0.4, -0.2) is 58.6 Å². The van der Waals surface area contributed by atoms with Gasteiger partial charge in [0.2, 0.25) is 0 Å². The zero-order chi connectivity index (χ0) is 35.8. The van der Waals surface area contributed by atoms with E-state index in [0.29, 0.717) is 37.3 Å². The second-order valence-corrected chi connectivity index (χ2v) is 12.8. The van der Waals surface area contributed by atoms with Crippen LogP contribution in [0, 0.1) is 18.8 Å². The average Bonchev–Trinajstić information content (AvgIpc) is 3.29. The van der Waals surface area contributed by atoms with Crippen LogP contribution in [0.25, 0.3) is 0 Å². The molecule has 1 amide bonds. The van der Waals surface area contributed by atoms with Crippen molar-refractivity contribution in [3.05, 3.63) is 17.5 Å². The molecule has 1 N–H and O–H groups in total. The van der Waals surface area contributed by atoms with Crippen LogP contribution in [0.4, 0.5) is 4.79 Å². The van der Waals surface area contributed by atoms with Gasteiger partial charge in [0, 0.05) is 37.3 Å². The van der Waals surface area contributed by atoms with Crippen LogP contribution >= 0.6 is 12.6 Å². The zero-order valence-electron chi connectivity index (χ0n) is 32.1. The van der Waals surface area contributed by atoms with Crippen molar-refractivity contribution in [2.24, 2.45) is 16.8 Å². The number of hydrogen-bond donors (Lipinski definition) is 2. The summed E-state index contributed by atoms with van der Waals surface area (Å²) in [4.78, 5) is 26.7. The largest absolute Gasteiger partial charge is 0.466 e. The molecule has 0 saturated carbocycles. The van der Waals surface area contributed by atoms with Gasteiger partial charge in [-0.2, -0.15) is 17.7 Å². The molecule has 0 aliphatic carbocycles. The number of carbonyl (C=O) groups is 2. The van der Waals surface area contributed by atoms with E-state index in [1.54, 1.807) is 6.92 Å². The number of aryl methyl sites for hydroxylation is 1. The number of carbonyl (C=O) groups excluding carboxylic acids is 2. The third-order valence-corrected chi connectivity index (χ3v) is 5.71. The summed E-state index contributed by atoms with van der Waals surface area (Å²) in [5, 5.41) is 7.42. The number of alkyl carbamates (subject to hydrolysis) is 1. The van der Waals surface area contributed by atoms with Crippen molar-refractivity contribution in [2.75, 3.05) is 18.9 Å². The number of rotatable bonds is 14. The average molecular weight is 659 g/mol. The summed E-state index contributed by atoms with van der Waals surface area (Å²) in [5.41, 5.74) is 1.67. The second kappa shape index (κ2) is 33.3. The van der Waals surface area contributed by atoms with E-state index in [2.05, 4.69) is 96.3 Å². The molecule has 0 bridgehead atoms. The quantitative estimate of drug-likeness (QED) is 0.0898. The maximum Gasteiger partial charge on any atom is 0.407 e. The van der Waals surface area contributed by atoms with Crippen molar-refractivity contribution in [3.63, 3.8) is 0 Å². The SMILES string of the molecule is CC.CCC.CCC(C)C.CCOC(=O)CCS.CC[C@H](CCCCNC(=O)OC(C)(C)C)N=Cc1nn(CC(C)C)cc1C. The van der Waals surface area contributed by atoms with Gasteiger partial charge >= 0.3 is 12.1 Å². The summed E-state index contributed by atoms with van der Waals surface area (Å²) in [7, 11) is 0. The van der Waals surface area contributed by atoms with E-state index in [9.17, 15) is 9.59 Å². The van der Waals surface area contributed by atoms with E-state index in [-0.39, 0.29) is 12.1 Å². The number of nitrogens with zero attached hydrogens (tertiary/aromatic N) is 3. The minimum atomic E-state index is -0.452. The fourth-order valence-electron chi connectivity index (χ4n) is 3.03. The number of ether oxygens (including phenoxy) is 2. The van der Waals surface area contributed by atoms with E-state index in [1.807, 2.05) is 45.5 Å². The molecule has 0 aliphatic heterocycles. The lowest BCUT2D eigenvalue weighted by Crippen LogP contribution is -2.33. The van der Waals surface area contributed by atoms with Crippen LogP contribution in [0.3, 0.4) is 0 Å². The topological polar surface area (TPSA) is 94.8 Å². The molecule has 9 heteroatoms. The molecule has 0 aromatic carbocycles. The van der Waals surface area contributed by atoms with Crippen LogP contribution in [-0.2, 0) is 20.8 Å². The Labute approximate surface area is 284 Å². The van der Waals surface area contributed by atoms with Crippen molar-refractivity contribution < 1.29 is 19.1 Å². The van der Waals surface area contributed by atoms with Gasteiger partial charge in [-0.25, -0.2) is 4.79 Å². The van der Waals surface area contributed by atoms with E-state index >= 15 is 0 Å². The molecule has 1 aromatic heterocycles. The maximum atomic E-state index is 11.6. The predicted molar refractivity (Wildman–Crippen MR) is 199 cm³/mol. The number of amides is 1. The molecule has 8 nitrogen and oxygen atoms in total. The summed E-state index contributed by atoms with van der Waals surface area (Å²) in [6, 6.07) is 0.293. The Morgan fingerprint density at radius 3 is 2.00 bits per heavy atom. The molecule has 0 unspecified atom stereocenters.